The van der Waals surface area contributed by atoms with Crippen LogP contribution in [0.5, 0.6) is 0 Å². The summed E-state index contributed by atoms with van der Waals surface area (Å²) in [5, 5.41) is 18.2. The van der Waals surface area contributed by atoms with Crippen molar-refractivity contribution >= 4 is 10.0 Å². The van der Waals surface area contributed by atoms with Crippen LogP contribution in [0.1, 0.15) is 25.0 Å². The zero-order valence-corrected chi connectivity index (χ0v) is 20.9. The Morgan fingerprint density at radius 2 is 1.80 bits per heavy atom. The average Bonchev–Trinajstić information content (AvgIpc) is 3.30. The van der Waals surface area contributed by atoms with Gasteiger partial charge in [-0.15, -0.1) is 5.10 Å². The van der Waals surface area contributed by atoms with Gasteiger partial charge in [0.2, 0.25) is 10.0 Å². The molecule has 0 saturated carbocycles. The lowest BCUT2D eigenvalue weighted by Gasteiger charge is -2.36. The molecule has 4 rings (SSSR count). The van der Waals surface area contributed by atoms with Gasteiger partial charge in [-0.3, -0.25) is 4.68 Å². The van der Waals surface area contributed by atoms with Crippen LogP contribution in [-0.4, -0.2) is 72.4 Å². The number of hydrogen-bond acceptors (Lipinski definition) is 7. The molecular formula is C25H33N5O4S. The maximum Gasteiger partial charge on any atom is 0.240 e. The fourth-order valence-electron chi connectivity index (χ4n) is 4.32. The first-order valence-corrected chi connectivity index (χ1v) is 13.3. The first-order chi connectivity index (χ1) is 16.8. The van der Waals surface area contributed by atoms with Crippen LogP contribution < -0.4 is 4.72 Å². The van der Waals surface area contributed by atoms with E-state index in [4.69, 9.17) is 4.74 Å². The van der Waals surface area contributed by atoms with Crippen LogP contribution in [0.15, 0.2) is 65.7 Å². The minimum atomic E-state index is -3.75. The summed E-state index contributed by atoms with van der Waals surface area (Å²) >= 11 is 0. The van der Waals surface area contributed by atoms with Crippen LogP contribution in [0.25, 0.3) is 11.1 Å². The van der Waals surface area contributed by atoms with Gasteiger partial charge in [0.15, 0.2) is 0 Å². The predicted molar refractivity (Wildman–Crippen MR) is 133 cm³/mol. The highest BCUT2D eigenvalue weighted by Crippen LogP contribution is 2.25. The minimum absolute atomic E-state index is 0.0837. The van der Waals surface area contributed by atoms with E-state index in [0.29, 0.717) is 25.8 Å². The Labute approximate surface area is 206 Å². The van der Waals surface area contributed by atoms with Crippen molar-refractivity contribution in [1.29, 1.82) is 0 Å². The summed E-state index contributed by atoms with van der Waals surface area (Å²) in [6, 6.07) is 16.1. The standard InChI is InChI=1S/C25H33N5O4S/c1-29(2)16-21-17-30(28-26-21)15-14-22-10-13-24(25(18-31)34-22)27-35(32,33)23-11-8-20(9-12-23)19-6-4-3-5-7-19/h3-9,11-12,17,22,24-25,27,31H,10,13-16,18H2,1-2H3/t22-,24-,25-/m1/s1. The summed E-state index contributed by atoms with van der Waals surface area (Å²) in [6.07, 6.45) is 3.22. The first kappa shape index (κ1) is 25.5. The van der Waals surface area contributed by atoms with Gasteiger partial charge >= 0.3 is 0 Å². The third-order valence-electron chi connectivity index (χ3n) is 6.12. The monoisotopic (exact) mass is 499 g/mol. The van der Waals surface area contributed by atoms with Gasteiger partial charge in [0.05, 0.1) is 35.4 Å². The highest BCUT2D eigenvalue weighted by Gasteiger charge is 2.34. The highest BCUT2D eigenvalue weighted by molar-refractivity contribution is 7.89. The van der Waals surface area contributed by atoms with E-state index in [1.54, 1.807) is 28.9 Å². The van der Waals surface area contributed by atoms with Gasteiger partial charge in [-0.2, -0.15) is 0 Å². The molecule has 0 radical (unpaired) electrons. The number of sulfonamides is 1. The zero-order valence-electron chi connectivity index (χ0n) is 20.1. The Morgan fingerprint density at radius 3 is 2.49 bits per heavy atom. The molecule has 188 valence electrons. The second-order valence-corrected chi connectivity index (χ2v) is 10.9. The lowest BCUT2D eigenvalue weighted by Crippen LogP contribution is -2.50. The molecule has 3 aromatic rings. The lowest BCUT2D eigenvalue weighted by atomic mass is 9.98. The summed E-state index contributed by atoms with van der Waals surface area (Å²) < 4.78 is 36.6. The fraction of sp³-hybridized carbons (Fsp3) is 0.440. The van der Waals surface area contributed by atoms with Crippen molar-refractivity contribution < 1.29 is 18.3 Å². The summed E-state index contributed by atoms with van der Waals surface area (Å²) in [5.74, 6) is 0. The van der Waals surface area contributed by atoms with E-state index in [0.717, 1.165) is 23.4 Å². The van der Waals surface area contributed by atoms with Crippen molar-refractivity contribution in [2.75, 3.05) is 20.7 Å². The topological polar surface area (TPSA) is 110 Å². The first-order valence-electron chi connectivity index (χ1n) is 11.8. The molecule has 2 aromatic carbocycles. The number of ether oxygens (including phenoxy) is 1. The van der Waals surface area contributed by atoms with Crippen molar-refractivity contribution in [3.63, 3.8) is 0 Å². The van der Waals surface area contributed by atoms with Gasteiger partial charge in [0.25, 0.3) is 0 Å². The van der Waals surface area contributed by atoms with Gasteiger partial charge in [-0.05, 0) is 56.6 Å². The number of rotatable bonds is 10. The zero-order chi connectivity index (χ0) is 24.8. The van der Waals surface area contributed by atoms with E-state index in [1.807, 2.05) is 55.5 Å². The summed E-state index contributed by atoms with van der Waals surface area (Å²) in [7, 11) is 0.212. The largest absolute Gasteiger partial charge is 0.394 e. The number of hydrogen-bond donors (Lipinski definition) is 2. The Kier molecular flexibility index (Phi) is 8.30. The second kappa shape index (κ2) is 11.4. The average molecular weight is 500 g/mol. The third kappa shape index (κ3) is 6.74. The Hall–Kier alpha value is -2.63. The third-order valence-corrected chi connectivity index (χ3v) is 7.62. The second-order valence-electron chi connectivity index (χ2n) is 9.17. The Morgan fingerprint density at radius 1 is 1.09 bits per heavy atom. The van der Waals surface area contributed by atoms with Crippen molar-refractivity contribution in [1.82, 2.24) is 24.6 Å². The van der Waals surface area contributed by atoms with Crippen molar-refractivity contribution in [3.8, 4) is 11.1 Å². The predicted octanol–water partition coefficient (Wildman–Crippen LogP) is 2.28. The van der Waals surface area contributed by atoms with Gasteiger partial charge < -0.3 is 14.7 Å². The number of aryl methyl sites for hydroxylation is 1. The molecular weight excluding hydrogens is 466 g/mol. The van der Waals surface area contributed by atoms with Crippen molar-refractivity contribution in [2.45, 2.75) is 55.5 Å². The molecule has 1 aliphatic heterocycles. The molecule has 35 heavy (non-hydrogen) atoms. The molecule has 1 saturated heterocycles. The number of nitrogens with zero attached hydrogens (tertiary/aromatic N) is 4. The molecule has 0 aliphatic carbocycles. The normalized spacial score (nSPS) is 20.9. The number of aliphatic hydroxyl groups excluding tert-OH is 1. The lowest BCUT2D eigenvalue weighted by molar-refractivity contribution is -0.0891. The molecule has 1 fully saturated rings. The van der Waals surface area contributed by atoms with Crippen LogP contribution in [0.2, 0.25) is 0 Å². The maximum atomic E-state index is 13.0. The Balaban J connectivity index is 1.33. The summed E-state index contributed by atoms with van der Waals surface area (Å²) in [4.78, 5) is 2.22. The van der Waals surface area contributed by atoms with Crippen molar-refractivity contribution in [3.05, 3.63) is 66.5 Å². The minimum Gasteiger partial charge on any atom is -0.394 e. The smallest absolute Gasteiger partial charge is 0.240 e. The molecule has 0 spiro atoms. The van der Waals surface area contributed by atoms with Crippen LogP contribution in [0.3, 0.4) is 0 Å². The van der Waals surface area contributed by atoms with Crippen LogP contribution >= 0.6 is 0 Å². The number of nitrogens with one attached hydrogen (secondary N) is 1. The van der Waals surface area contributed by atoms with E-state index in [1.165, 1.54) is 0 Å². The van der Waals surface area contributed by atoms with E-state index in [9.17, 15) is 13.5 Å². The quantitative estimate of drug-likeness (QED) is 0.440. The SMILES string of the molecule is CN(C)Cc1cn(CC[C@H]2CC[C@@H](NS(=O)(=O)c3ccc(-c4ccccc4)cc3)[C@@H](CO)O2)nn1. The number of aromatic nitrogens is 3. The van der Waals surface area contributed by atoms with Gasteiger partial charge in [0.1, 0.15) is 0 Å². The molecule has 0 amide bonds. The van der Waals surface area contributed by atoms with E-state index >= 15 is 0 Å². The van der Waals surface area contributed by atoms with E-state index < -0.39 is 22.2 Å². The molecule has 0 unspecified atom stereocenters. The van der Waals surface area contributed by atoms with Crippen LogP contribution in [0, 0.1) is 0 Å². The molecule has 9 nitrogen and oxygen atoms in total. The number of aliphatic hydroxyl groups is 1. The number of benzene rings is 2. The van der Waals surface area contributed by atoms with Gasteiger partial charge in [-0.1, -0.05) is 47.7 Å². The van der Waals surface area contributed by atoms with Crippen LogP contribution in [-0.2, 0) is 27.8 Å². The Bertz CT molecular complexity index is 1180. The molecule has 3 atom stereocenters. The molecule has 10 heteroatoms. The molecule has 0 bridgehead atoms. The van der Waals surface area contributed by atoms with Gasteiger partial charge in [0, 0.05) is 19.3 Å². The van der Waals surface area contributed by atoms with Crippen LogP contribution in [0.4, 0.5) is 0 Å². The molecule has 2 heterocycles. The molecule has 1 aliphatic rings. The summed E-state index contributed by atoms with van der Waals surface area (Å²) in [5.41, 5.74) is 2.87. The van der Waals surface area contributed by atoms with Crippen molar-refractivity contribution in [2.24, 2.45) is 0 Å². The summed E-state index contributed by atoms with van der Waals surface area (Å²) in [6.45, 7) is 1.11. The molecule has 1 aromatic heterocycles. The van der Waals surface area contributed by atoms with E-state index in [-0.39, 0.29) is 17.6 Å². The van der Waals surface area contributed by atoms with Gasteiger partial charge in [-0.25, -0.2) is 13.1 Å². The highest BCUT2D eigenvalue weighted by atomic mass is 32.2. The maximum absolute atomic E-state index is 13.0. The van der Waals surface area contributed by atoms with E-state index in [2.05, 4.69) is 15.0 Å². The fourth-order valence-corrected chi connectivity index (χ4v) is 5.62. The molecule has 2 N–H and O–H groups in total.